The number of halogens is 2. The van der Waals surface area contributed by atoms with Crippen molar-refractivity contribution in [3.05, 3.63) is 0 Å². The summed E-state index contributed by atoms with van der Waals surface area (Å²) in [5.41, 5.74) is 0. The second-order valence-corrected chi connectivity index (χ2v) is 4.86. The van der Waals surface area contributed by atoms with E-state index in [1.807, 2.05) is 0 Å². The summed E-state index contributed by atoms with van der Waals surface area (Å²) in [5.74, 6) is 2.41. The Kier molecular flexibility index (Phi) is 3.10. The van der Waals surface area contributed by atoms with Crippen molar-refractivity contribution in [1.29, 1.82) is 0 Å². The maximum atomic E-state index is 11.2. The first-order valence-corrected chi connectivity index (χ1v) is 4.84. The fraction of sp³-hybridized carbons (Fsp3) is 0.667. The van der Waals surface area contributed by atoms with Crippen LogP contribution in [0.3, 0.4) is 0 Å². The Morgan fingerprint density at radius 1 is 1.85 bits per heavy atom. The molecule has 1 fully saturated rings. The highest BCUT2D eigenvalue weighted by Gasteiger charge is 2.52. The summed E-state index contributed by atoms with van der Waals surface area (Å²) in [7, 11) is 0. The lowest BCUT2D eigenvalue weighted by Gasteiger charge is -2.06. The maximum absolute atomic E-state index is 11.2. The van der Waals surface area contributed by atoms with Crippen LogP contribution >= 0.6 is 23.2 Å². The van der Waals surface area contributed by atoms with Crippen LogP contribution in [0.1, 0.15) is 19.8 Å². The molecule has 0 bridgehead atoms. The molecule has 4 heteroatoms. The van der Waals surface area contributed by atoms with E-state index in [9.17, 15) is 4.79 Å². The van der Waals surface area contributed by atoms with Crippen LogP contribution in [0.5, 0.6) is 0 Å². The Balaban J connectivity index is 2.25. The fourth-order valence-corrected chi connectivity index (χ4v) is 1.58. The molecule has 2 nitrogen and oxygen atoms in total. The van der Waals surface area contributed by atoms with Gasteiger partial charge in [-0.1, -0.05) is 5.92 Å². The summed E-state index contributed by atoms with van der Waals surface area (Å²) in [6.07, 6.45) is 6.15. The molecule has 1 saturated carbocycles. The molecule has 1 N–H and O–H groups in total. The lowest BCUT2D eigenvalue weighted by atomic mass is 10.2. The molecule has 2 atom stereocenters. The van der Waals surface area contributed by atoms with Gasteiger partial charge in [0.1, 0.15) is 4.33 Å². The normalized spacial score (nSPS) is 25.8. The highest BCUT2D eigenvalue weighted by atomic mass is 35.5. The molecule has 0 aliphatic heterocycles. The van der Waals surface area contributed by atoms with Crippen molar-refractivity contribution in [2.24, 2.45) is 5.92 Å². The van der Waals surface area contributed by atoms with E-state index in [0.29, 0.717) is 12.8 Å². The first-order valence-electron chi connectivity index (χ1n) is 4.09. The third kappa shape index (κ3) is 3.10. The lowest BCUT2D eigenvalue weighted by molar-refractivity contribution is -0.121. The zero-order valence-corrected chi connectivity index (χ0v) is 8.82. The largest absolute Gasteiger partial charge is 0.343 e. The van der Waals surface area contributed by atoms with Crippen molar-refractivity contribution < 1.29 is 4.79 Å². The molecular formula is C9H11Cl2NO. The number of alkyl halides is 2. The predicted molar refractivity (Wildman–Crippen MR) is 53.6 cm³/mol. The molecule has 1 rings (SSSR count). The van der Waals surface area contributed by atoms with E-state index in [-0.39, 0.29) is 17.9 Å². The van der Waals surface area contributed by atoms with E-state index in [1.54, 1.807) is 6.92 Å². The molecule has 0 aromatic carbocycles. The first kappa shape index (κ1) is 10.7. The molecular weight excluding hydrogens is 209 g/mol. The van der Waals surface area contributed by atoms with Gasteiger partial charge < -0.3 is 5.32 Å². The Labute approximate surface area is 88.0 Å². The summed E-state index contributed by atoms with van der Waals surface area (Å²) >= 11 is 11.5. The lowest BCUT2D eigenvalue weighted by Crippen LogP contribution is -2.31. The third-order valence-electron chi connectivity index (χ3n) is 2.01. The van der Waals surface area contributed by atoms with Crippen LogP contribution in [0.25, 0.3) is 0 Å². The summed E-state index contributed by atoms with van der Waals surface area (Å²) in [6, 6.07) is -0.230. The maximum Gasteiger partial charge on any atom is 0.221 e. The Morgan fingerprint density at radius 3 is 2.77 bits per heavy atom. The van der Waals surface area contributed by atoms with E-state index in [1.165, 1.54) is 0 Å². The quantitative estimate of drug-likeness (QED) is 0.569. The van der Waals surface area contributed by atoms with Crippen LogP contribution in [-0.4, -0.2) is 16.3 Å². The van der Waals surface area contributed by atoms with Gasteiger partial charge in [0.05, 0.1) is 6.04 Å². The molecule has 2 unspecified atom stereocenters. The monoisotopic (exact) mass is 219 g/mol. The van der Waals surface area contributed by atoms with Crippen LogP contribution in [-0.2, 0) is 4.79 Å². The molecule has 13 heavy (non-hydrogen) atoms. The third-order valence-corrected chi connectivity index (χ3v) is 2.94. The minimum atomic E-state index is -0.684. The van der Waals surface area contributed by atoms with E-state index in [0.717, 1.165) is 0 Å². The number of terminal acetylenes is 1. The highest BCUT2D eigenvalue weighted by molar-refractivity contribution is 6.51. The van der Waals surface area contributed by atoms with Gasteiger partial charge in [0.2, 0.25) is 5.91 Å². The molecule has 0 saturated heterocycles. The number of nitrogens with one attached hydrogen (secondary N) is 1. The van der Waals surface area contributed by atoms with Gasteiger partial charge in [0.25, 0.3) is 0 Å². The minimum Gasteiger partial charge on any atom is -0.343 e. The Morgan fingerprint density at radius 2 is 2.38 bits per heavy atom. The van der Waals surface area contributed by atoms with Crippen LogP contribution in [0.4, 0.5) is 0 Å². The smallest absolute Gasteiger partial charge is 0.221 e. The number of amides is 1. The van der Waals surface area contributed by atoms with Gasteiger partial charge in [-0.25, -0.2) is 0 Å². The predicted octanol–water partition coefficient (Wildman–Crippen LogP) is 1.71. The molecule has 0 radical (unpaired) electrons. The molecule has 0 heterocycles. The van der Waals surface area contributed by atoms with Gasteiger partial charge in [0.15, 0.2) is 0 Å². The first-order chi connectivity index (χ1) is 5.95. The summed E-state index contributed by atoms with van der Waals surface area (Å²) in [4.78, 5) is 11.2. The van der Waals surface area contributed by atoms with Crippen LogP contribution in [0.15, 0.2) is 0 Å². The van der Waals surface area contributed by atoms with E-state index >= 15 is 0 Å². The van der Waals surface area contributed by atoms with Gasteiger partial charge in [-0.2, -0.15) is 0 Å². The Hall–Kier alpha value is -0.390. The van der Waals surface area contributed by atoms with Crippen molar-refractivity contribution in [3.8, 4) is 12.3 Å². The SMILES string of the molecule is C#CC(C)NC(=O)CC1CC1(Cl)Cl. The van der Waals surface area contributed by atoms with Crippen molar-refractivity contribution in [2.75, 3.05) is 0 Å². The van der Waals surface area contributed by atoms with Crippen molar-refractivity contribution >= 4 is 29.1 Å². The van der Waals surface area contributed by atoms with Crippen molar-refractivity contribution in [3.63, 3.8) is 0 Å². The van der Waals surface area contributed by atoms with Crippen molar-refractivity contribution in [1.82, 2.24) is 5.32 Å². The zero-order valence-electron chi connectivity index (χ0n) is 7.31. The Bertz CT molecular complexity index is 257. The molecule has 0 spiro atoms. The molecule has 1 aliphatic carbocycles. The van der Waals surface area contributed by atoms with Gasteiger partial charge in [-0.05, 0) is 13.3 Å². The highest BCUT2D eigenvalue weighted by Crippen LogP contribution is 2.54. The minimum absolute atomic E-state index is 0.0841. The number of carbonyl (C=O) groups is 1. The van der Waals surface area contributed by atoms with E-state index < -0.39 is 4.33 Å². The van der Waals surface area contributed by atoms with Gasteiger partial charge in [0, 0.05) is 12.3 Å². The van der Waals surface area contributed by atoms with E-state index in [2.05, 4.69) is 11.2 Å². The number of hydrogen-bond acceptors (Lipinski definition) is 1. The standard InChI is InChI=1S/C9H11Cl2NO/c1-3-6(2)12-8(13)4-7-5-9(7,10)11/h1,6-7H,4-5H2,2H3,(H,12,13). The average Bonchev–Trinajstić information content (AvgIpc) is 2.58. The van der Waals surface area contributed by atoms with Crippen molar-refractivity contribution in [2.45, 2.75) is 30.1 Å². The second-order valence-electron chi connectivity index (χ2n) is 3.32. The van der Waals surface area contributed by atoms with Gasteiger partial charge in [-0.15, -0.1) is 29.6 Å². The van der Waals surface area contributed by atoms with E-state index in [4.69, 9.17) is 29.6 Å². The number of carbonyl (C=O) groups excluding carboxylic acids is 1. The van der Waals surface area contributed by atoms with Crippen LogP contribution < -0.4 is 5.32 Å². The fourth-order valence-electron chi connectivity index (χ4n) is 1.06. The summed E-state index contributed by atoms with van der Waals surface area (Å²) < 4.78 is -0.684. The molecule has 0 aromatic heterocycles. The number of hydrogen-bond donors (Lipinski definition) is 1. The average molecular weight is 220 g/mol. The summed E-state index contributed by atoms with van der Waals surface area (Å²) in [6.45, 7) is 1.75. The van der Waals surface area contributed by atoms with Gasteiger partial charge in [-0.3, -0.25) is 4.79 Å². The second kappa shape index (κ2) is 3.77. The van der Waals surface area contributed by atoms with Gasteiger partial charge >= 0.3 is 0 Å². The summed E-state index contributed by atoms with van der Waals surface area (Å²) in [5, 5.41) is 2.65. The van der Waals surface area contributed by atoms with Crippen LogP contribution in [0.2, 0.25) is 0 Å². The van der Waals surface area contributed by atoms with Crippen LogP contribution in [0, 0.1) is 18.3 Å². The molecule has 1 amide bonds. The zero-order chi connectivity index (χ0) is 10.1. The molecule has 72 valence electrons. The molecule has 0 aromatic rings. The number of rotatable bonds is 3. The topological polar surface area (TPSA) is 29.1 Å². The molecule has 1 aliphatic rings.